The molecule has 1 atom stereocenters. The molecule has 5 nitrogen and oxygen atoms in total. The Bertz CT molecular complexity index is 521. The largest absolute Gasteiger partial charge is 0.314 e. The van der Waals surface area contributed by atoms with Crippen LogP contribution >= 0.6 is 11.8 Å². The molecule has 1 aromatic heterocycles. The second-order valence-electron chi connectivity index (χ2n) is 4.99. The van der Waals surface area contributed by atoms with E-state index in [2.05, 4.69) is 20.8 Å². The number of hydrogen-bond donors (Lipinski definition) is 1. The van der Waals surface area contributed by atoms with E-state index in [1.807, 2.05) is 30.3 Å². The van der Waals surface area contributed by atoms with E-state index in [1.54, 1.807) is 16.4 Å². The van der Waals surface area contributed by atoms with Crippen molar-refractivity contribution in [2.45, 2.75) is 36.9 Å². The minimum absolute atomic E-state index is 0.664. The van der Waals surface area contributed by atoms with Crippen LogP contribution in [-0.2, 0) is 0 Å². The maximum absolute atomic E-state index is 4.12. The molecule has 0 bridgehead atoms. The number of nitrogens with zero attached hydrogens (tertiary/aromatic N) is 4. The highest BCUT2D eigenvalue weighted by atomic mass is 32.2. The Morgan fingerprint density at radius 2 is 2.15 bits per heavy atom. The number of benzene rings is 1. The number of thioether (sulfide) groups is 1. The Morgan fingerprint density at radius 1 is 1.25 bits per heavy atom. The van der Waals surface area contributed by atoms with Crippen LogP contribution in [0.1, 0.15) is 25.7 Å². The van der Waals surface area contributed by atoms with Crippen LogP contribution in [0.25, 0.3) is 5.69 Å². The fourth-order valence-electron chi connectivity index (χ4n) is 2.46. The van der Waals surface area contributed by atoms with Crippen LogP contribution in [0.5, 0.6) is 0 Å². The minimum Gasteiger partial charge on any atom is -0.314 e. The summed E-state index contributed by atoms with van der Waals surface area (Å²) in [5.74, 6) is 1.05. The first-order valence-electron chi connectivity index (χ1n) is 7.13. The van der Waals surface area contributed by atoms with Crippen LogP contribution in [0.4, 0.5) is 0 Å². The number of tetrazole rings is 1. The third kappa shape index (κ3) is 3.37. The zero-order chi connectivity index (χ0) is 13.6. The summed E-state index contributed by atoms with van der Waals surface area (Å²) >= 11 is 1.73. The number of rotatable bonds is 5. The highest BCUT2D eigenvalue weighted by Crippen LogP contribution is 2.20. The molecule has 0 saturated carbocycles. The third-order valence-corrected chi connectivity index (χ3v) is 4.50. The summed E-state index contributed by atoms with van der Waals surface area (Å²) in [6, 6.07) is 10.7. The first-order valence-corrected chi connectivity index (χ1v) is 8.12. The van der Waals surface area contributed by atoms with Gasteiger partial charge in [-0.25, -0.2) is 0 Å². The molecule has 1 aliphatic rings. The maximum Gasteiger partial charge on any atom is 0.214 e. The first kappa shape index (κ1) is 13.6. The standard InChI is InChI=1S/C14H19N5S/c1-2-7-13(8-3-1)19-14(16-17-18-19)20-11-9-12-6-4-5-10-15-12/h1-3,7-8,12,15H,4-6,9-11H2. The normalized spacial score (nSPS) is 19.1. The average Bonchev–Trinajstić information content (AvgIpc) is 2.98. The molecule has 0 spiro atoms. The van der Waals surface area contributed by atoms with Gasteiger partial charge in [-0.3, -0.25) is 0 Å². The molecule has 6 heteroatoms. The Kier molecular flexibility index (Phi) is 4.65. The van der Waals surface area contributed by atoms with Crippen molar-refractivity contribution in [2.24, 2.45) is 0 Å². The number of piperidine rings is 1. The molecule has 0 amide bonds. The zero-order valence-corrected chi connectivity index (χ0v) is 12.2. The number of hydrogen-bond acceptors (Lipinski definition) is 5. The summed E-state index contributed by atoms with van der Waals surface area (Å²) in [7, 11) is 0. The van der Waals surface area contributed by atoms with E-state index in [0.717, 1.165) is 23.1 Å². The van der Waals surface area contributed by atoms with Crippen molar-refractivity contribution in [3.05, 3.63) is 30.3 Å². The lowest BCUT2D eigenvalue weighted by Crippen LogP contribution is -2.34. The van der Waals surface area contributed by atoms with E-state index in [0.29, 0.717) is 6.04 Å². The lowest BCUT2D eigenvalue weighted by atomic mass is 10.0. The monoisotopic (exact) mass is 289 g/mol. The molecule has 20 heavy (non-hydrogen) atoms. The summed E-state index contributed by atoms with van der Waals surface area (Å²) in [5, 5.41) is 16.4. The van der Waals surface area contributed by atoms with E-state index in [4.69, 9.17) is 0 Å². The molecular formula is C14H19N5S. The van der Waals surface area contributed by atoms with Gasteiger partial charge in [0, 0.05) is 11.8 Å². The summed E-state index contributed by atoms with van der Waals surface area (Å²) in [6.45, 7) is 1.16. The topological polar surface area (TPSA) is 55.6 Å². The van der Waals surface area contributed by atoms with Gasteiger partial charge in [0.1, 0.15) is 0 Å². The van der Waals surface area contributed by atoms with Gasteiger partial charge in [0.25, 0.3) is 0 Å². The predicted octanol–water partition coefficient (Wildman–Crippen LogP) is 2.29. The van der Waals surface area contributed by atoms with Gasteiger partial charge < -0.3 is 5.32 Å². The Balaban J connectivity index is 1.57. The van der Waals surface area contributed by atoms with Crippen molar-refractivity contribution >= 4 is 11.8 Å². The van der Waals surface area contributed by atoms with E-state index >= 15 is 0 Å². The van der Waals surface area contributed by atoms with Crippen LogP contribution in [0.15, 0.2) is 35.5 Å². The molecular weight excluding hydrogens is 270 g/mol. The molecule has 1 aliphatic heterocycles. The van der Waals surface area contributed by atoms with Crippen molar-refractivity contribution in [3.63, 3.8) is 0 Å². The van der Waals surface area contributed by atoms with Gasteiger partial charge in [0.15, 0.2) is 0 Å². The highest BCUT2D eigenvalue weighted by Gasteiger charge is 2.14. The molecule has 2 heterocycles. The molecule has 0 radical (unpaired) electrons. The van der Waals surface area contributed by atoms with E-state index in [1.165, 1.54) is 25.7 Å². The van der Waals surface area contributed by atoms with Crippen LogP contribution in [0.3, 0.4) is 0 Å². The van der Waals surface area contributed by atoms with Crippen LogP contribution < -0.4 is 5.32 Å². The highest BCUT2D eigenvalue weighted by molar-refractivity contribution is 7.99. The van der Waals surface area contributed by atoms with Gasteiger partial charge in [-0.2, -0.15) is 4.68 Å². The van der Waals surface area contributed by atoms with Crippen molar-refractivity contribution in [2.75, 3.05) is 12.3 Å². The summed E-state index contributed by atoms with van der Waals surface area (Å²) in [5.41, 5.74) is 1.01. The predicted molar refractivity (Wildman–Crippen MR) is 80.1 cm³/mol. The van der Waals surface area contributed by atoms with Gasteiger partial charge in [0.05, 0.1) is 5.69 Å². The Labute approximate surface area is 123 Å². The van der Waals surface area contributed by atoms with Gasteiger partial charge in [0.2, 0.25) is 5.16 Å². The smallest absolute Gasteiger partial charge is 0.214 e. The van der Waals surface area contributed by atoms with E-state index < -0.39 is 0 Å². The second kappa shape index (κ2) is 6.85. The van der Waals surface area contributed by atoms with Crippen molar-refractivity contribution in [1.82, 2.24) is 25.5 Å². The lowest BCUT2D eigenvalue weighted by Gasteiger charge is -2.22. The van der Waals surface area contributed by atoms with Crippen molar-refractivity contribution < 1.29 is 0 Å². The summed E-state index contributed by atoms with van der Waals surface area (Å²) in [6.07, 6.45) is 5.14. The van der Waals surface area contributed by atoms with Gasteiger partial charge in [-0.05, 0) is 48.4 Å². The number of para-hydroxylation sites is 1. The maximum atomic E-state index is 4.12. The molecule has 1 saturated heterocycles. The summed E-state index contributed by atoms with van der Waals surface area (Å²) < 4.78 is 1.80. The SMILES string of the molecule is c1ccc(-n2nnnc2SCCC2CCCCN2)cc1. The quantitative estimate of drug-likeness (QED) is 0.856. The fraction of sp³-hybridized carbons (Fsp3) is 0.500. The van der Waals surface area contributed by atoms with Crippen molar-refractivity contribution in [1.29, 1.82) is 0 Å². The second-order valence-corrected chi connectivity index (χ2v) is 6.05. The molecule has 1 unspecified atom stereocenters. The minimum atomic E-state index is 0.664. The lowest BCUT2D eigenvalue weighted by molar-refractivity contribution is 0.394. The van der Waals surface area contributed by atoms with Crippen molar-refractivity contribution in [3.8, 4) is 5.69 Å². The number of aromatic nitrogens is 4. The molecule has 106 valence electrons. The van der Waals surface area contributed by atoms with Crippen LogP contribution in [0, 0.1) is 0 Å². The van der Waals surface area contributed by atoms with Gasteiger partial charge in [-0.1, -0.05) is 36.4 Å². The molecule has 0 aliphatic carbocycles. The number of nitrogens with one attached hydrogen (secondary N) is 1. The first-order chi connectivity index (χ1) is 9.93. The summed E-state index contributed by atoms with van der Waals surface area (Å²) in [4.78, 5) is 0. The molecule has 1 fully saturated rings. The molecule has 1 aromatic carbocycles. The Morgan fingerprint density at radius 3 is 2.95 bits per heavy atom. The zero-order valence-electron chi connectivity index (χ0n) is 11.4. The third-order valence-electron chi connectivity index (χ3n) is 3.55. The van der Waals surface area contributed by atoms with Crippen LogP contribution in [0.2, 0.25) is 0 Å². The fourth-order valence-corrected chi connectivity index (χ4v) is 3.41. The molecule has 3 rings (SSSR count). The molecule has 1 N–H and O–H groups in total. The van der Waals surface area contributed by atoms with E-state index in [-0.39, 0.29) is 0 Å². The van der Waals surface area contributed by atoms with Crippen LogP contribution in [-0.4, -0.2) is 38.5 Å². The molecule has 2 aromatic rings. The Hall–Kier alpha value is -1.40. The van der Waals surface area contributed by atoms with Gasteiger partial charge >= 0.3 is 0 Å². The van der Waals surface area contributed by atoms with Gasteiger partial charge in [-0.15, -0.1) is 5.10 Å². The average molecular weight is 289 g/mol. The van der Waals surface area contributed by atoms with E-state index in [9.17, 15) is 0 Å².